The molecule has 0 fully saturated rings. The van der Waals surface area contributed by atoms with E-state index in [-0.39, 0.29) is 0 Å². The van der Waals surface area contributed by atoms with E-state index in [0.29, 0.717) is 0 Å². The van der Waals surface area contributed by atoms with Crippen molar-refractivity contribution in [2.24, 2.45) is 0 Å². The van der Waals surface area contributed by atoms with Gasteiger partial charge in [-0.3, -0.25) is 0 Å². The molecule has 0 saturated heterocycles. The minimum atomic E-state index is -4.94. The quantitative estimate of drug-likeness (QED) is 0.413. The van der Waals surface area contributed by atoms with Crippen LogP contribution in [0.1, 0.15) is 0 Å². The first-order chi connectivity index (χ1) is 14.3. The van der Waals surface area contributed by atoms with Gasteiger partial charge in [0, 0.05) is 10.0 Å². The third kappa shape index (κ3) is 6.74. The van der Waals surface area contributed by atoms with Crippen molar-refractivity contribution in [1.82, 2.24) is 0 Å². The van der Waals surface area contributed by atoms with Gasteiger partial charge in [0.05, 0.1) is 23.3 Å². The lowest BCUT2D eigenvalue weighted by atomic mass is 10.0. The molecule has 0 saturated carbocycles. The first-order valence-electron chi connectivity index (χ1n) is 8.76. The van der Waals surface area contributed by atoms with E-state index in [9.17, 15) is 0 Å². The lowest BCUT2D eigenvalue weighted by molar-refractivity contribution is -2.00. The second-order valence-corrected chi connectivity index (χ2v) is 7.86. The average molecular weight is 488 g/mol. The second-order valence-electron chi connectivity index (χ2n) is 6.19. The van der Waals surface area contributed by atoms with Crippen molar-refractivity contribution in [1.29, 1.82) is 0 Å². The minimum Gasteiger partial charge on any atom is -0.222 e. The minimum absolute atomic E-state index is 0.861. The Morgan fingerprint density at radius 2 is 0.933 bits per heavy atom. The Bertz CT molecular complexity index is 1020. The summed E-state index contributed by atoms with van der Waals surface area (Å²) in [5.41, 5.74) is 4.43. The highest BCUT2D eigenvalue weighted by atomic mass is 79.9. The van der Waals surface area contributed by atoms with Crippen molar-refractivity contribution >= 4 is 15.9 Å². The van der Waals surface area contributed by atoms with Crippen LogP contribution in [0, 0.1) is 10.2 Å². The van der Waals surface area contributed by atoms with Gasteiger partial charge < -0.3 is 0 Å². The molecule has 152 valence electrons. The zero-order chi connectivity index (χ0) is 21.6. The molecule has 1 aromatic heterocycles. The second kappa shape index (κ2) is 9.95. The molecule has 0 radical (unpaired) electrons. The number of rotatable bonds is 3. The fourth-order valence-corrected chi connectivity index (χ4v) is 3.06. The molecule has 0 amide bonds. The van der Waals surface area contributed by atoms with Crippen LogP contribution in [0.3, 0.4) is 0 Å². The molecule has 0 bridgehead atoms. The standard InChI is InChI=1S/C23H16BrO.ClHO4/c24-21-13-11-17(12-14-21)20-15-22(18-7-3-1-4-8-18)25-23(16-20)19-9-5-2-6-10-19;2-1(3,4)5/h1-16H;(H,2,3,4,5)/q+1;/p-1. The molecule has 0 unspecified atom stereocenters. The SMILES string of the molecule is Brc1ccc(-c2cc(-c3ccccc3)[o+]c(-c3ccccc3)c2)cc1.[O-][Cl+3]([O-])([O-])[O-]. The van der Waals surface area contributed by atoms with Crippen molar-refractivity contribution in [3.05, 3.63) is 102 Å². The van der Waals surface area contributed by atoms with Gasteiger partial charge in [-0.1, -0.05) is 64.5 Å². The lowest BCUT2D eigenvalue weighted by Gasteiger charge is -2.17. The van der Waals surface area contributed by atoms with E-state index in [1.165, 1.54) is 0 Å². The predicted octanol–water partition coefficient (Wildman–Crippen LogP) is 2.57. The average Bonchev–Trinajstić information content (AvgIpc) is 2.74. The van der Waals surface area contributed by atoms with Crippen molar-refractivity contribution in [3.8, 4) is 33.8 Å². The van der Waals surface area contributed by atoms with E-state index >= 15 is 0 Å². The Morgan fingerprint density at radius 1 is 0.533 bits per heavy atom. The Kier molecular flexibility index (Phi) is 7.33. The van der Waals surface area contributed by atoms with Gasteiger partial charge in [-0.2, -0.15) is 0 Å². The molecule has 1 heterocycles. The highest BCUT2D eigenvalue weighted by Crippen LogP contribution is 2.33. The van der Waals surface area contributed by atoms with Crippen LogP contribution in [-0.2, 0) is 0 Å². The molecule has 0 aliphatic heterocycles. The van der Waals surface area contributed by atoms with Crippen molar-refractivity contribution in [2.75, 3.05) is 0 Å². The summed E-state index contributed by atoms with van der Waals surface area (Å²) in [7, 11) is -4.94. The molecule has 0 spiro atoms. The molecule has 4 aromatic rings. The zero-order valence-electron chi connectivity index (χ0n) is 15.5. The van der Waals surface area contributed by atoms with Crippen LogP contribution in [0.2, 0.25) is 0 Å². The van der Waals surface area contributed by atoms with E-state index in [4.69, 9.17) is 23.1 Å². The summed E-state index contributed by atoms with van der Waals surface area (Å²) < 4.78 is 41.3. The maximum Gasteiger partial charge on any atom is 0.361 e. The molecule has 30 heavy (non-hydrogen) atoms. The third-order valence-corrected chi connectivity index (χ3v) is 4.62. The molecule has 4 rings (SSSR count). The van der Waals surface area contributed by atoms with Crippen LogP contribution < -0.4 is 18.6 Å². The van der Waals surface area contributed by atoms with Crippen LogP contribution in [0.4, 0.5) is 0 Å². The largest absolute Gasteiger partial charge is 0.361 e. The smallest absolute Gasteiger partial charge is 0.222 e. The number of hydrogen-bond donors (Lipinski definition) is 0. The Morgan fingerprint density at radius 3 is 1.33 bits per heavy atom. The Labute approximate surface area is 184 Å². The van der Waals surface area contributed by atoms with Crippen molar-refractivity contribution in [2.45, 2.75) is 0 Å². The maximum absolute atomic E-state index is 8.49. The van der Waals surface area contributed by atoms with Gasteiger partial charge in [0.15, 0.2) is 0 Å². The van der Waals surface area contributed by atoms with Gasteiger partial charge in [-0.25, -0.2) is 23.1 Å². The first kappa shape index (κ1) is 22.1. The Balaban J connectivity index is 0.000000461. The van der Waals surface area contributed by atoms with Crippen LogP contribution in [0.25, 0.3) is 33.8 Å². The van der Waals surface area contributed by atoms with Crippen LogP contribution >= 0.6 is 15.9 Å². The summed E-state index contributed by atoms with van der Waals surface area (Å²) in [6, 6.07) is 33.0. The number of hydrogen-bond acceptors (Lipinski definition) is 4. The number of halogens is 2. The first-order valence-corrected chi connectivity index (χ1v) is 10.8. The zero-order valence-corrected chi connectivity index (χ0v) is 17.9. The lowest BCUT2D eigenvalue weighted by Crippen LogP contribution is -2.68. The predicted molar refractivity (Wildman–Crippen MR) is 107 cm³/mol. The molecular weight excluding hydrogens is 472 g/mol. The normalized spacial score (nSPS) is 10.8. The monoisotopic (exact) mass is 486 g/mol. The van der Waals surface area contributed by atoms with Crippen LogP contribution in [-0.4, -0.2) is 0 Å². The van der Waals surface area contributed by atoms with Gasteiger partial charge in [0.2, 0.25) is 0 Å². The summed E-state index contributed by atoms with van der Waals surface area (Å²) in [5, 5.41) is 0. The third-order valence-electron chi connectivity index (χ3n) is 4.09. The summed E-state index contributed by atoms with van der Waals surface area (Å²) in [4.78, 5) is 0. The van der Waals surface area contributed by atoms with E-state index in [2.05, 4.69) is 76.6 Å². The summed E-state index contributed by atoms with van der Waals surface area (Å²) >= 11 is 3.50. The summed E-state index contributed by atoms with van der Waals surface area (Å²) in [5.74, 6) is 1.72. The highest BCUT2D eigenvalue weighted by molar-refractivity contribution is 9.10. The van der Waals surface area contributed by atoms with Gasteiger partial charge in [0.1, 0.15) is 0 Å². The summed E-state index contributed by atoms with van der Waals surface area (Å²) in [6.45, 7) is 0. The molecule has 7 heteroatoms. The van der Waals surface area contributed by atoms with E-state index < -0.39 is 10.2 Å². The topological polar surface area (TPSA) is 104 Å². The molecule has 0 atom stereocenters. The molecule has 0 N–H and O–H groups in total. The maximum atomic E-state index is 8.49. The Hall–Kier alpha value is -2.58. The fourth-order valence-electron chi connectivity index (χ4n) is 2.80. The molecule has 3 aromatic carbocycles. The molecule has 0 aliphatic rings. The van der Waals surface area contributed by atoms with Crippen molar-refractivity contribution < 1.29 is 33.3 Å². The highest BCUT2D eigenvalue weighted by Gasteiger charge is 2.20. The van der Waals surface area contributed by atoms with E-state index in [1.54, 1.807) is 0 Å². The van der Waals surface area contributed by atoms with Gasteiger partial charge in [-0.05, 0) is 42.0 Å². The fraction of sp³-hybridized carbons (Fsp3) is 0. The molecule has 5 nitrogen and oxygen atoms in total. The van der Waals surface area contributed by atoms with E-state index in [1.807, 2.05) is 36.4 Å². The summed E-state index contributed by atoms with van der Waals surface area (Å²) in [6.07, 6.45) is 0. The van der Waals surface area contributed by atoms with Gasteiger partial charge >= 0.3 is 11.5 Å². The van der Waals surface area contributed by atoms with Crippen molar-refractivity contribution in [3.63, 3.8) is 0 Å². The van der Waals surface area contributed by atoms with E-state index in [0.717, 1.165) is 38.2 Å². The van der Waals surface area contributed by atoms with Gasteiger partial charge in [-0.15, -0.1) is 10.2 Å². The molecule has 0 aliphatic carbocycles. The van der Waals surface area contributed by atoms with Crippen LogP contribution in [0.5, 0.6) is 0 Å². The molecular formula is C23H16BrClO5. The van der Waals surface area contributed by atoms with Crippen LogP contribution in [0.15, 0.2) is 106 Å². The van der Waals surface area contributed by atoms with Gasteiger partial charge in [0.25, 0.3) is 0 Å². The number of benzene rings is 3.